The summed E-state index contributed by atoms with van der Waals surface area (Å²) in [6.07, 6.45) is 3.14. The van der Waals surface area contributed by atoms with E-state index in [0.717, 1.165) is 11.8 Å². The second-order valence-corrected chi connectivity index (χ2v) is 4.87. The van der Waals surface area contributed by atoms with Crippen molar-refractivity contribution < 1.29 is 4.39 Å². The number of halogens is 3. The maximum atomic E-state index is 13.2. The van der Waals surface area contributed by atoms with Crippen LogP contribution in [0.2, 0.25) is 10.0 Å². The molecule has 6 heteroatoms. The van der Waals surface area contributed by atoms with Crippen LogP contribution in [0.5, 0.6) is 0 Å². The van der Waals surface area contributed by atoms with Crippen molar-refractivity contribution in [1.82, 2.24) is 10.4 Å². The molecule has 0 aliphatic heterocycles. The third-order valence-electron chi connectivity index (χ3n) is 2.80. The number of nitrogens with zero attached hydrogens (tertiary/aromatic N) is 1. The van der Waals surface area contributed by atoms with Gasteiger partial charge in [0.1, 0.15) is 5.82 Å². The molecule has 0 spiro atoms. The molecule has 1 unspecified atom stereocenters. The van der Waals surface area contributed by atoms with Crippen LogP contribution in [0.3, 0.4) is 0 Å². The molecule has 1 atom stereocenters. The monoisotopic (exact) mass is 299 g/mol. The van der Waals surface area contributed by atoms with E-state index >= 15 is 0 Å². The van der Waals surface area contributed by atoms with Crippen LogP contribution in [0.25, 0.3) is 0 Å². The van der Waals surface area contributed by atoms with Crippen molar-refractivity contribution in [3.8, 4) is 0 Å². The highest BCUT2D eigenvalue weighted by molar-refractivity contribution is 6.36. The van der Waals surface area contributed by atoms with Crippen LogP contribution >= 0.6 is 23.2 Å². The number of benzene rings is 1. The molecule has 3 N–H and O–H groups in total. The van der Waals surface area contributed by atoms with E-state index in [4.69, 9.17) is 29.0 Å². The Labute approximate surface area is 120 Å². The molecule has 1 aromatic heterocycles. The van der Waals surface area contributed by atoms with E-state index in [1.807, 2.05) is 0 Å². The zero-order chi connectivity index (χ0) is 13.8. The second kappa shape index (κ2) is 6.30. The Bertz CT molecular complexity index is 557. The van der Waals surface area contributed by atoms with Crippen LogP contribution in [-0.4, -0.2) is 4.98 Å². The topological polar surface area (TPSA) is 50.9 Å². The highest BCUT2D eigenvalue weighted by Gasteiger charge is 2.15. The van der Waals surface area contributed by atoms with Gasteiger partial charge in [-0.15, -0.1) is 0 Å². The Morgan fingerprint density at radius 1 is 1.26 bits per heavy atom. The SMILES string of the molecule is NNC(Cc1c(Cl)cccc1Cl)c1cncc(F)c1. The van der Waals surface area contributed by atoms with Gasteiger partial charge in [-0.25, -0.2) is 4.39 Å². The van der Waals surface area contributed by atoms with Crippen LogP contribution in [0.15, 0.2) is 36.7 Å². The van der Waals surface area contributed by atoms with Crippen molar-refractivity contribution in [2.75, 3.05) is 0 Å². The molecule has 1 aromatic carbocycles. The van der Waals surface area contributed by atoms with E-state index < -0.39 is 5.82 Å². The van der Waals surface area contributed by atoms with Gasteiger partial charge >= 0.3 is 0 Å². The van der Waals surface area contributed by atoms with Gasteiger partial charge in [-0.05, 0) is 35.7 Å². The predicted molar refractivity (Wildman–Crippen MR) is 74.4 cm³/mol. The van der Waals surface area contributed by atoms with E-state index in [1.165, 1.54) is 6.07 Å². The fourth-order valence-electron chi connectivity index (χ4n) is 1.82. The van der Waals surface area contributed by atoms with Gasteiger partial charge in [0.05, 0.1) is 12.2 Å². The van der Waals surface area contributed by atoms with Crippen LogP contribution in [0.4, 0.5) is 4.39 Å². The molecule has 2 rings (SSSR count). The maximum Gasteiger partial charge on any atom is 0.141 e. The summed E-state index contributed by atoms with van der Waals surface area (Å²) >= 11 is 12.2. The second-order valence-electron chi connectivity index (χ2n) is 4.06. The first-order valence-corrected chi connectivity index (χ1v) is 6.37. The molecular weight excluding hydrogens is 288 g/mol. The van der Waals surface area contributed by atoms with Crippen LogP contribution in [0.1, 0.15) is 17.2 Å². The van der Waals surface area contributed by atoms with Crippen molar-refractivity contribution >= 4 is 23.2 Å². The number of nitrogens with two attached hydrogens (primary N) is 1. The van der Waals surface area contributed by atoms with Crippen LogP contribution in [0, 0.1) is 5.82 Å². The Kier molecular flexibility index (Phi) is 4.71. The van der Waals surface area contributed by atoms with Crippen LogP contribution in [-0.2, 0) is 6.42 Å². The number of hydrogen-bond donors (Lipinski definition) is 2. The van der Waals surface area contributed by atoms with E-state index in [2.05, 4.69) is 10.4 Å². The van der Waals surface area contributed by atoms with Gasteiger partial charge in [0.2, 0.25) is 0 Å². The molecule has 0 fully saturated rings. The maximum absolute atomic E-state index is 13.2. The van der Waals surface area contributed by atoms with Gasteiger partial charge in [-0.2, -0.15) is 0 Å². The quantitative estimate of drug-likeness (QED) is 0.673. The first-order valence-electron chi connectivity index (χ1n) is 5.61. The van der Waals surface area contributed by atoms with Gasteiger partial charge in [-0.3, -0.25) is 16.3 Å². The minimum Gasteiger partial charge on any atom is -0.271 e. The average Bonchev–Trinajstić information content (AvgIpc) is 2.38. The summed E-state index contributed by atoms with van der Waals surface area (Å²) in [5.41, 5.74) is 4.02. The average molecular weight is 300 g/mol. The number of nitrogens with one attached hydrogen (secondary N) is 1. The molecular formula is C13H12Cl2FN3. The molecule has 0 aliphatic rings. The number of pyridine rings is 1. The van der Waals surface area contributed by atoms with Gasteiger partial charge in [0.25, 0.3) is 0 Å². The summed E-state index contributed by atoms with van der Waals surface area (Å²) in [7, 11) is 0. The lowest BCUT2D eigenvalue weighted by molar-refractivity contribution is 0.541. The minimum absolute atomic E-state index is 0.319. The summed E-state index contributed by atoms with van der Waals surface area (Å²) in [6, 6.07) is 6.33. The summed E-state index contributed by atoms with van der Waals surface area (Å²) in [6.45, 7) is 0. The van der Waals surface area contributed by atoms with Crippen molar-refractivity contribution in [3.05, 3.63) is 63.6 Å². The van der Waals surface area contributed by atoms with Crippen molar-refractivity contribution in [2.45, 2.75) is 12.5 Å². The van der Waals surface area contributed by atoms with Gasteiger partial charge in [0, 0.05) is 16.2 Å². The fourth-order valence-corrected chi connectivity index (χ4v) is 2.38. The number of hydrogen-bond acceptors (Lipinski definition) is 3. The smallest absolute Gasteiger partial charge is 0.141 e. The lowest BCUT2D eigenvalue weighted by atomic mass is 10.0. The number of hydrazine groups is 1. The van der Waals surface area contributed by atoms with Crippen molar-refractivity contribution in [2.24, 2.45) is 5.84 Å². The predicted octanol–water partition coefficient (Wildman–Crippen LogP) is 3.27. The molecule has 1 heterocycles. The largest absolute Gasteiger partial charge is 0.271 e. The Hall–Kier alpha value is -1.20. The van der Waals surface area contributed by atoms with E-state index in [1.54, 1.807) is 24.4 Å². The highest BCUT2D eigenvalue weighted by atomic mass is 35.5. The lowest BCUT2D eigenvalue weighted by Gasteiger charge is -2.17. The third kappa shape index (κ3) is 3.42. The molecule has 0 bridgehead atoms. The molecule has 0 saturated heterocycles. The van der Waals surface area contributed by atoms with Crippen molar-refractivity contribution in [1.29, 1.82) is 0 Å². The molecule has 2 aromatic rings. The van der Waals surface area contributed by atoms with E-state index in [-0.39, 0.29) is 6.04 Å². The third-order valence-corrected chi connectivity index (χ3v) is 3.51. The zero-order valence-corrected chi connectivity index (χ0v) is 11.4. The highest BCUT2D eigenvalue weighted by Crippen LogP contribution is 2.29. The lowest BCUT2D eigenvalue weighted by Crippen LogP contribution is -2.30. The summed E-state index contributed by atoms with van der Waals surface area (Å²) in [4.78, 5) is 3.80. The fraction of sp³-hybridized carbons (Fsp3) is 0.154. The zero-order valence-electron chi connectivity index (χ0n) is 9.91. The van der Waals surface area contributed by atoms with Gasteiger partial charge in [-0.1, -0.05) is 29.3 Å². The van der Waals surface area contributed by atoms with Gasteiger partial charge < -0.3 is 0 Å². The molecule has 0 saturated carbocycles. The Morgan fingerprint density at radius 2 is 1.95 bits per heavy atom. The summed E-state index contributed by atoms with van der Waals surface area (Å²) in [5.74, 6) is 5.10. The van der Waals surface area contributed by atoms with Gasteiger partial charge in [0.15, 0.2) is 0 Å². The van der Waals surface area contributed by atoms with E-state index in [9.17, 15) is 4.39 Å². The molecule has 0 radical (unpaired) electrons. The van der Waals surface area contributed by atoms with Crippen molar-refractivity contribution in [3.63, 3.8) is 0 Å². The summed E-state index contributed by atoms with van der Waals surface area (Å²) in [5, 5.41) is 1.11. The number of rotatable bonds is 4. The molecule has 3 nitrogen and oxygen atoms in total. The Morgan fingerprint density at radius 3 is 2.53 bits per heavy atom. The minimum atomic E-state index is -0.414. The molecule has 0 aliphatic carbocycles. The summed E-state index contributed by atoms with van der Waals surface area (Å²) < 4.78 is 13.2. The molecule has 19 heavy (non-hydrogen) atoms. The molecule has 0 amide bonds. The number of aromatic nitrogens is 1. The van der Waals surface area contributed by atoms with E-state index in [0.29, 0.717) is 22.0 Å². The first kappa shape index (κ1) is 14.2. The van der Waals surface area contributed by atoms with Crippen LogP contribution < -0.4 is 11.3 Å². The molecule has 100 valence electrons. The Balaban J connectivity index is 2.29. The normalized spacial score (nSPS) is 12.4. The first-order chi connectivity index (χ1) is 9.11. The standard InChI is InChI=1S/C13H12Cl2FN3/c14-11-2-1-3-12(15)10(11)5-13(19-17)8-4-9(16)7-18-6-8/h1-4,6-7,13,19H,5,17H2.